The highest BCUT2D eigenvalue weighted by molar-refractivity contribution is 14.1. The molecule has 0 N–H and O–H groups in total. The Bertz CT molecular complexity index is 343. The second-order valence-electron chi connectivity index (χ2n) is 2.31. The highest BCUT2D eigenvalue weighted by atomic mass is 127. The molecule has 0 atom stereocenters. The highest BCUT2D eigenvalue weighted by Crippen LogP contribution is 2.04. The maximum atomic E-state index is 10.8. The quantitative estimate of drug-likeness (QED) is 0.749. The lowest BCUT2D eigenvalue weighted by atomic mass is 10.4. The lowest BCUT2D eigenvalue weighted by Gasteiger charge is -1.90. The van der Waals surface area contributed by atoms with E-state index in [4.69, 9.17) is 0 Å². The number of rotatable bonds is 2. The van der Waals surface area contributed by atoms with Gasteiger partial charge in [0.05, 0.1) is 34.8 Å². The number of nitrogens with zero attached hydrogens (tertiary/aromatic N) is 2. The van der Waals surface area contributed by atoms with Crippen molar-refractivity contribution >= 4 is 32.7 Å². The van der Waals surface area contributed by atoms with Crippen LogP contribution in [0.15, 0.2) is 12.4 Å². The molecule has 1 aromatic rings. The van der Waals surface area contributed by atoms with Crippen molar-refractivity contribution < 1.29 is 8.42 Å². The summed E-state index contributed by atoms with van der Waals surface area (Å²) in [6.07, 6.45) is 4.44. The van der Waals surface area contributed by atoms with Crippen molar-refractivity contribution in [3.63, 3.8) is 0 Å². The number of aromatic nitrogens is 2. The molecule has 0 spiro atoms. The minimum atomic E-state index is -2.92. The summed E-state index contributed by atoms with van der Waals surface area (Å²) in [6.45, 7) is 0. The standard InChI is InChI=1S/C5H7IN2O2S/c1-11(9,10)4-5-2-7-8(6)3-5/h2-3H,4H2,1H3. The van der Waals surface area contributed by atoms with Crippen molar-refractivity contribution in [3.05, 3.63) is 18.0 Å². The number of hydrogen-bond donors (Lipinski definition) is 0. The molecule has 0 saturated heterocycles. The van der Waals surface area contributed by atoms with Crippen LogP contribution in [0.4, 0.5) is 0 Å². The van der Waals surface area contributed by atoms with Gasteiger partial charge in [0.1, 0.15) is 0 Å². The predicted molar refractivity (Wildman–Crippen MR) is 50.2 cm³/mol. The third-order valence-corrected chi connectivity index (χ3v) is 2.42. The summed E-state index contributed by atoms with van der Waals surface area (Å²) >= 11 is 1.96. The van der Waals surface area contributed by atoms with Crippen LogP contribution in [-0.2, 0) is 15.6 Å². The molecule has 0 saturated carbocycles. The van der Waals surface area contributed by atoms with Gasteiger partial charge in [-0.25, -0.2) is 11.3 Å². The zero-order chi connectivity index (χ0) is 8.48. The van der Waals surface area contributed by atoms with E-state index in [1.165, 1.54) is 6.26 Å². The molecule has 6 heteroatoms. The Kier molecular flexibility index (Phi) is 2.53. The fourth-order valence-electron chi connectivity index (χ4n) is 0.710. The third kappa shape index (κ3) is 3.19. The van der Waals surface area contributed by atoms with Gasteiger partial charge in [0.15, 0.2) is 9.84 Å². The molecule has 0 unspecified atom stereocenters. The van der Waals surface area contributed by atoms with Gasteiger partial charge in [-0.05, 0) is 0 Å². The fraction of sp³-hybridized carbons (Fsp3) is 0.400. The minimum Gasteiger partial charge on any atom is -0.229 e. The molecular formula is C5H7IN2O2S. The molecule has 0 aliphatic rings. The van der Waals surface area contributed by atoms with Crippen molar-refractivity contribution in [2.75, 3.05) is 6.26 Å². The normalized spacial score (nSPS) is 11.8. The molecule has 0 aliphatic heterocycles. The van der Waals surface area contributed by atoms with Crippen LogP contribution in [0.3, 0.4) is 0 Å². The second kappa shape index (κ2) is 3.10. The van der Waals surface area contributed by atoms with Gasteiger partial charge in [0.25, 0.3) is 0 Å². The summed E-state index contributed by atoms with van der Waals surface area (Å²) in [6, 6.07) is 0. The van der Waals surface area contributed by atoms with Crippen molar-refractivity contribution in [2.24, 2.45) is 0 Å². The molecule has 4 nitrogen and oxygen atoms in total. The van der Waals surface area contributed by atoms with Gasteiger partial charge in [0.2, 0.25) is 0 Å². The Morgan fingerprint density at radius 2 is 2.36 bits per heavy atom. The molecule has 0 radical (unpaired) electrons. The molecule has 0 aromatic carbocycles. The summed E-state index contributed by atoms with van der Waals surface area (Å²) in [7, 11) is -2.92. The van der Waals surface area contributed by atoms with Gasteiger partial charge in [-0.2, -0.15) is 5.10 Å². The first-order chi connectivity index (χ1) is 4.97. The van der Waals surface area contributed by atoms with E-state index in [-0.39, 0.29) is 5.75 Å². The van der Waals surface area contributed by atoms with Crippen LogP contribution in [0.2, 0.25) is 0 Å². The van der Waals surface area contributed by atoms with E-state index in [1.807, 2.05) is 22.9 Å². The van der Waals surface area contributed by atoms with Crippen LogP contribution in [-0.4, -0.2) is 22.7 Å². The highest BCUT2D eigenvalue weighted by Gasteiger charge is 2.05. The molecule has 0 amide bonds. The topological polar surface area (TPSA) is 52.0 Å². The first kappa shape index (κ1) is 8.98. The van der Waals surface area contributed by atoms with Gasteiger partial charge in [-0.15, -0.1) is 0 Å². The SMILES string of the molecule is CS(=O)(=O)Cc1cnn(I)c1. The van der Waals surface area contributed by atoms with E-state index in [1.54, 1.807) is 15.3 Å². The van der Waals surface area contributed by atoms with Crippen molar-refractivity contribution in [1.29, 1.82) is 0 Å². The minimum absolute atomic E-state index is 0.0655. The van der Waals surface area contributed by atoms with Crippen LogP contribution >= 0.6 is 22.9 Å². The maximum Gasteiger partial charge on any atom is 0.151 e. The van der Waals surface area contributed by atoms with Crippen molar-refractivity contribution in [1.82, 2.24) is 7.99 Å². The molecule has 0 bridgehead atoms. The zero-order valence-electron chi connectivity index (χ0n) is 5.86. The van der Waals surface area contributed by atoms with E-state index in [0.29, 0.717) is 0 Å². The summed E-state index contributed by atoms with van der Waals surface area (Å²) in [5, 5.41) is 3.84. The Labute approximate surface area is 79.0 Å². The number of hydrogen-bond acceptors (Lipinski definition) is 3. The second-order valence-corrected chi connectivity index (χ2v) is 5.44. The van der Waals surface area contributed by atoms with Gasteiger partial charge >= 0.3 is 0 Å². The predicted octanol–water partition coefficient (Wildman–Crippen LogP) is 0.626. The van der Waals surface area contributed by atoms with E-state index in [2.05, 4.69) is 5.10 Å². The molecule has 1 rings (SSSR count). The Hall–Kier alpha value is -0.110. The van der Waals surface area contributed by atoms with E-state index >= 15 is 0 Å². The largest absolute Gasteiger partial charge is 0.229 e. The average molecular weight is 286 g/mol. The van der Waals surface area contributed by atoms with Gasteiger partial charge in [-0.3, -0.25) is 0 Å². The monoisotopic (exact) mass is 286 g/mol. The molecule has 0 fully saturated rings. The summed E-state index contributed by atoms with van der Waals surface area (Å²) in [5.74, 6) is 0.0655. The van der Waals surface area contributed by atoms with Crippen LogP contribution in [0, 0.1) is 0 Å². The zero-order valence-corrected chi connectivity index (χ0v) is 8.83. The molecule has 11 heavy (non-hydrogen) atoms. The van der Waals surface area contributed by atoms with Crippen molar-refractivity contribution in [2.45, 2.75) is 5.75 Å². The van der Waals surface area contributed by atoms with Gasteiger partial charge < -0.3 is 0 Å². The smallest absolute Gasteiger partial charge is 0.151 e. The maximum absolute atomic E-state index is 10.8. The van der Waals surface area contributed by atoms with E-state index in [9.17, 15) is 8.42 Å². The lowest BCUT2D eigenvalue weighted by molar-refractivity contribution is 0.601. The number of halogens is 1. The van der Waals surface area contributed by atoms with E-state index < -0.39 is 9.84 Å². The third-order valence-electron chi connectivity index (χ3n) is 1.04. The first-order valence-electron chi connectivity index (χ1n) is 2.85. The van der Waals surface area contributed by atoms with Crippen LogP contribution in [0.25, 0.3) is 0 Å². The molecule has 1 aromatic heterocycles. The Balaban J connectivity index is 2.81. The van der Waals surface area contributed by atoms with Gasteiger partial charge in [-0.1, -0.05) is 0 Å². The summed E-state index contributed by atoms with van der Waals surface area (Å²) in [4.78, 5) is 0. The average Bonchev–Trinajstić information content (AvgIpc) is 2.10. The fourth-order valence-corrected chi connectivity index (χ4v) is 1.95. The summed E-state index contributed by atoms with van der Waals surface area (Å²) in [5.41, 5.74) is 0.724. The van der Waals surface area contributed by atoms with Crippen LogP contribution in [0.1, 0.15) is 5.56 Å². The Morgan fingerprint density at radius 3 is 2.73 bits per heavy atom. The van der Waals surface area contributed by atoms with Crippen LogP contribution in [0.5, 0.6) is 0 Å². The lowest BCUT2D eigenvalue weighted by Crippen LogP contribution is -1.99. The van der Waals surface area contributed by atoms with Crippen molar-refractivity contribution in [3.8, 4) is 0 Å². The molecule has 0 aliphatic carbocycles. The first-order valence-corrected chi connectivity index (χ1v) is 5.87. The van der Waals surface area contributed by atoms with Crippen LogP contribution < -0.4 is 0 Å². The Morgan fingerprint density at radius 1 is 1.73 bits per heavy atom. The van der Waals surface area contributed by atoms with Gasteiger partial charge in [0, 0.05) is 18.0 Å². The number of sulfone groups is 1. The molecule has 1 heterocycles. The summed E-state index contributed by atoms with van der Waals surface area (Å²) < 4.78 is 23.1. The van der Waals surface area contributed by atoms with E-state index in [0.717, 1.165) is 5.56 Å². The molecular weight excluding hydrogens is 279 g/mol. The molecule has 62 valence electrons.